The van der Waals surface area contributed by atoms with Gasteiger partial charge in [-0.05, 0) is 73.2 Å². The summed E-state index contributed by atoms with van der Waals surface area (Å²) in [5, 5.41) is 3.06. The van der Waals surface area contributed by atoms with Crippen LogP contribution in [0, 0.1) is 0 Å². The summed E-state index contributed by atoms with van der Waals surface area (Å²) >= 11 is 0. The largest absolute Gasteiger partial charge is 0.487 e. The molecule has 0 aliphatic heterocycles. The summed E-state index contributed by atoms with van der Waals surface area (Å²) < 4.78 is 5.89. The highest BCUT2D eigenvalue weighted by molar-refractivity contribution is 5.94. The van der Waals surface area contributed by atoms with Crippen molar-refractivity contribution in [1.82, 2.24) is 10.3 Å². The van der Waals surface area contributed by atoms with Crippen LogP contribution in [0.3, 0.4) is 0 Å². The molecular weight excluding hydrogens is 372 g/mol. The maximum atomic E-state index is 12.3. The number of amides is 1. The van der Waals surface area contributed by atoms with Crippen LogP contribution in [0.1, 0.15) is 59.3 Å². The first kappa shape index (κ1) is 18.9. The van der Waals surface area contributed by atoms with E-state index in [2.05, 4.69) is 46.7 Å². The van der Waals surface area contributed by atoms with Crippen molar-refractivity contribution in [3.05, 3.63) is 95.3 Å². The van der Waals surface area contributed by atoms with E-state index < -0.39 is 0 Å². The number of benzene rings is 2. The molecule has 1 aromatic heterocycles. The van der Waals surface area contributed by atoms with Crippen LogP contribution in [0.25, 0.3) is 0 Å². The summed E-state index contributed by atoms with van der Waals surface area (Å²) in [6.45, 7) is 0.468. The Labute approximate surface area is 177 Å². The summed E-state index contributed by atoms with van der Waals surface area (Å²) in [6, 6.07) is 22.9. The molecule has 0 atom stereocenters. The lowest BCUT2D eigenvalue weighted by molar-refractivity contribution is 0.0951. The van der Waals surface area contributed by atoms with E-state index in [1.165, 1.54) is 17.5 Å². The zero-order chi connectivity index (χ0) is 20.4. The van der Waals surface area contributed by atoms with Crippen molar-refractivity contribution in [3.8, 4) is 5.75 Å². The van der Waals surface area contributed by atoms with Crippen LogP contribution in [0.4, 0.5) is 0 Å². The molecule has 0 bridgehead atoms. The molecule has 2 aliphatic carbocycles. The zero-order valence-corrected chi connectivity index (χ0v) is 17.0. The van der Waals surface area contributed by atoms with E-state index in [1.807, 2.05) is 30.3 Å². The average Bonchev–Trinajstić information content (AvgIpc) is 3.58. The van der Waals surface area contributed by atoms with Crippen LogP contribution in [-0.4, -0.2) is 16.9 Å². The second kappa shape index (κ2) is 7.94. The molecule has 30 heavy (non-hydrogen) atoms. The van der Waals surface area contributed by atoms with Crippen LogP contribution in [0.15, 0.2) is 72.9 Å². The minimum Gasteiger partial charge on any atom is -0.487 e. The highest BCUT2D eigenvalue weighted by Gasteiger charge is 2.40. The van der Waals surface area contributed by atoms with Gasteiger partial charge in [0.15, 0.2) is 0 Å². The fraction of sp³-hybridized carbons (Fsp3) is 0.308. The Morgan fingerprint density at radius 3 is 2.23 bits per heavy atom. The van der Waals surface area contributed by atoms with Crippen LogP contribution in [0.2, 0.25) is 0 Å². The van der Waals surface area contributed by atoms with Gasteiger partial charge in [0.1, 0.15) is 12.4 Å². The molecule has 1 N–H and O–H groups in total. The third-order valence-electron chi connectivity index (χ3n) is 6.34. The molecule has 1 amide bonds. The van der Waals surface area contributed by atoms with Gasteiger partial charge in [-0.15, -0.1) is 0 Å². The molecule has 2 aromatic carbocycles. The summed E-state index contributed by atoms with van der Waals surface area (Å²) in [5.74, 6) is 0.895. The van der Waals surface area contributed by atoms with Crippen molar-refractivity contribution >= 4 is 5.91 Å². The lowest BCUT2D eigenvalue weighted by Gasteiger charge is -2.43. The Balaban J connectivity index is 1.29. The number of ether oxygens (including phenoxy) is 1. The van der Waals surface area contributed by atoms with Gasteiger partial charge in [0, 0.05) is 23.2 Å². The minimum atomic E-state index is 0.0427. The van der Waals surface area contributed by atoms with Gasteiger partial charge in [0.05, 0.1) is 5.69 Å². The predicted octanol–water partition coefficient (Wildman–Crippen LogP) is 5.02. The smallest absolute Gasteiger partial charge is 0.251 e. The normalized spacial score (nSPS) is 17.1. The van der Waals surface area contributed by atoms with E-state index in [-0.39, 0.29) is 11.3 Å². The molecule has 4 nitrogen and oxygen atoms in total. The Hall–Kier alpha value is -3.14. The summed E-state index contributed by atoms with van der Waals surface area (Å²) in [7, 11) is 0. The lowest BCUT2D eigenvalue weighted by atomic mass is 9.60. The topological polar surface area (TPSA) is 51.2 Å². The van der Waals surface area contributed by atoms with Gasteiger partial charge >= 0.3 is 0 Å². The highest BCUT2D eigenvalue weighted by Crippen LogP contribution is 2.49. The molecular formula is C26H26N2O2. The molecule has 4 heteroatoms. The third-order valence-corrected chi connectivity index (χ3v) is 6.34. The molecule has 5 rings (SSSR count). The van der Waals surface area contributed by atoms with Crippen LogP contribution >= 0.6 is 0 Å². The van der Waals surface area contributed by atoms with Crippen molar-refractivity contribution in [1.29, 1.82) is 0 Å². The van der Waals surface area contributed by atoms with E-state index in [0.29, 0.717) is 12.6 Å². The first-order chi connectivity index (χ1) is 14.7. The molecule has 2 aliphatic rings. The van der Waals surface area contributed by atoms with E-state index in [1.54, 1.807) is 6.20 Å². The third kappa shape index (κ3) is 3.82. The van der Waals surface area contributed by atoms with Crippen LogP contribution in [-0.2, 0) is 12.0 Å². The standard InChI is InChI=1S/C26H26N2O2/c29-25(28-22-11-12-22)19-5-7-20(8-6-19)26(15-3-16-26)21-9-13-24(14-10-21)30-18-23-4-1-2-17-27-23/h1-2,4-10,13-14,17,22H,3,11-12,15-16,18H2,(H,28,29). The van der Waals surface area contributed by atoms with Gasteiger partial charge in [-0.3, -0.25) is 9.78 Å². The molecule has 0 unspecified atom stereocenters. The molecule has 3 aromatic rings. The summed E-state index contributed by atoms with van der Waals surface area (Å²) in [4.78, 5) is 16.6. The molecule has 2 fully saturated rings. The Kier molecular flexibility index (Phi) is 4.99. The molecule has 0 saturated heterocycles. The number of carbonyl (C=O) groups is 1. The number of rotatable bonds is 7. The van der Waals surface area contributed by atoms with Crippen molar-refractivity contribution < 1.29 is 9.53 Å². The number of nitrogens with one attached hydrogen (secondary N) is 1. The van der Waals surface area contributed by atoms with Crippen molar-refractivity contribution in [2.75, 3.05) is 0 Å². The number of nitrogens with zero attached hydrogens (tertiary/aromatic N) is 1. The second-order valence-corrected chi connectivity index (χ2v) is 8.39. The molecule has 0 radical (unpaired) electrons. The average molecular weight is 399 g/mol. The SMILES string of the molecule is O=C(NC1CC1)c1ccc(C2(c3ccc(OCc4ccccn4)cc3)CCC2)cc1. The Morgan fingerprint density at radius 1 is 0.967 bits per heavy atom. The van der Waals surface area contributed by atoms with Crippen LogP contribution < -0.4 is 10.1 Å². The highest BCUT2D eigenvalue weighted by atomic mass is 16.5. The molecule has 152 valence electrons. The summed E-state index contributed by atoms with van der Waals surface area (Å²) in [5.41, 5.74) is 4.32. The van der Waals surface area contributed by atoms with E-state index in [0.717, 1.165) is 42.7 Å². The minimum absolute atomic E-state index is 0.0427. The van der Waals surface area contributed by atoms with Crippen molar-refractivity contribution in [2.24, 2.45) is 0 Å². The number of carbonyl (C=O) groups excluding carboxylic acids is 1. The van der Waals surface area contributed by atoms with E-state index in [9.17, 15) is 4.79 Å². The fourth-order valence-electron chi connectivity index (χ4n) is 4.22. The van der Waals surface area contributed by atoms with Gasteiger partial charge in [0.2, 0.25) is 0 Å². The van der Waals surface area contributed by atoms with Gasteiger partial charge in [0.25, 0.3) is 5.91 Å². The second-order valence-electron chi connectivity index (χ2n) is 8.39. The van der Waals surface area contributed by atoms with Gasteiger partial charge < -0.3 is 10.1 Å². The maximum Gasteiger partial charge on any atom is 0.251 e. The van der Waals surface area contributed by atoms with Gasteiger partial charge in [-0.25, -0.2) is 0 Å². The maximum absolute atomic E-state index is 12.3. The molecule has 2 saturated carbocycles. The Bertz CT molecular complexity index is 1010. The quantitative estimate of drug-likeness (QED) is 0.608. The number of aromatic nitrogens is 1. The Morgan fingerprint density at radius 2 is 1.67 bits per heavy atom. The van der Waals surface area contributed by atoms with E-state index >= 15 is 0 Å². The number of pyridine rings is 1. The first-order valence-electron chi connectivity index (χ1n) is 10.8. The lowest BCUT2D eigenvalue weighted by Crippen LogP contribution is -2.35. The van der Waals surface area contributed by atoms with Crippen molar-refractivity contribution in [2.45, 2.75) is 50.2 Å². The van der Waals surface area contributed by atoms with Crippen molar-refractivity contribution in [3.63, 3.8) is 0 Å². The van der Waals surface area contributed by atoms with E-state index in [4.69, 9.17) is 4.74 Å². The van der Waals surface area contributed by atoms with Gasteiger partial charge in [-0.1, -0.05) is 36.8 Å². The zero-order valence-electron chi connectivity index (χ0n) is 17.0. The summed E-state index contributed by atoms with van der Waals surface area (Å²) in [6.07, 6.45) is 7.48. The molecule has 0 spiro atoms. The first-order valence-corrected chi connectivity index (χ1v) is 10.8. The van der Waals surface area contributed by atoms with Crippen LogP contribution in [0.5, 0.6) is 5.75 Å². The van der Waals surface area contributed by atoms with Gasteiger partial charge in [-0.2, -0.15) is 0 Å². The monoisotopic (exact) mass is 398 g/mol. The predicted molar refractivity (Wildman–Crippen MR) is 117 cm³/mol. The molecule has 1 heterocycles. The number of hydrogen-bond donors (Lipinski definition) is 1. The number of hydrogen-bond acceptors (Lipinski definition) is 3. The fourth-order valence-corrected chi connectivity index (χ4v) is 4.22.